The maximum Gasteiger partial charge on any atom is 0.234 e. The maximum atomic E-state index is 12.6. The molecule has 0 aliphatic carbocycles. The van der Waals surface area contributed by atoms with Crippen LogP contribution in [0.5, 0.6) is 0 Å². The molecule has 0 spiro atoms. The highest BCUT2D eigenvalue weighted by molar-refractivity contribution is 9.10. The topological polar surface area (TPSA) is 53.5 Å². The predicted molar refractivity (Wildman–Crippen MR) is 93.9 cm³/mol. The molecule has 0 bridgehead atoms. The lowest BCUT2D eigenvalue weighted by Crippen LogP contribution is -2.45. The van der Waals surface area contributed by atoms with Crippen LogP contribution >= 0.6 is 15.9 Å². The summed E-state index contributed by atoms with van der Waals surface area (Å²) in [6.07, 6.45) is 9.09. The number of piperidine rings is 1. The average Bonchev–Trinajstić information content (AvgIpc) is 3.04. The lowest BCUT2D eigenvalue weighted by molar-refractivity contribution is -0.139. The molecule has 5 nitrogen and oxygen atoms in total. The standard InChI is InChI=1S/C18H20BrN3O2/c1-21-17(23)15-13-4-2-3-9-22(13)14(16(15)18(21)24)8-7-12-6-5-11(19)10-20-12/h5-8,10,13-16H,2-4,9H2,1H3/b8-7+/t13-,14-,15+,16-/m0/s1. The molecule has 4 atom stereocenters. The van der Waals surface area contributed by atoms with Crippen molar-refractivity contribution in [3.63, 3.8) is 0 Å². The van der Waals surface area contributed by atoms with Gasteiger partial charge in [0.2, 0.25) is 11.8 Å². The quantitative estimate of drug-likeness (QED) is 0.728. The van der Waals surface area contributed by atoms with Crippen molar-refractivity contribution in [2.45, 2.75) is 31.3 Å². The molecule has 2 amide bonds. The number of hydrogen-bond acceptors (Lipinski definition) is 4. The summed E-state index contributed by atoms with van der Waals surface area (Å²) in [4.78, 5) is 33.2. The Hall–Kier alpha value is -1.53. The minimum absolute atomic E-state index is 0.000401. The van der Waals surface area contributed by atoms with Crippen LogP contribution in [0.1, 0.15) is 25.0 Å². The molecule has 3 saturated heterocycles. The lowest BCUT2D eigenvalue weighted by Gasteiger charge is -2.35. The summed E-state index contributed by atoms with van der Waals surface area (Å²) >= 11 is 3.38. The molecule has 24 heavy (non-hydrogen) atoms. The molecule has 0 saturated carbocycles. The zero-order chi connectivity index (χ0) is 16.8. The van der Waals surface area contributed by atoms with E-state index in [9.17, 15) is 9.59 Å². The fraction of sp³-hybridized carbons (Fsp3) is 0.500. The monoisotopic (exact) mass is 389 g/mol. The first-order chi connectivity index (χ1) is 11.6. The summed E-state index contributed by atoms with van der Waals surface area (Å²) in [5, 5.41) is 0. The number of carbonyl (C=O) groups excluding carboxylic acids is 2. The molecule has 6 heteroatoms. The van der Waals surface area contributed by atoms with Crippen molar-refractivity contribution in [3.05, 3.63) is 34.6 Å². The Kier molecular flexibility index (Phi) is 4.04. The second kappa shape index (κ2) is 6.08. The molecule has 1 aromatic rings. The van der Waals surface area contributed by atoms with Crippen molar-refractivity contribution >= 4 is 33.8 Å². The van der Waals surface area contributed by atoms with Crippen LogP contribution in [-0.2, 0) is 9.59 Å². The number of aromatic nitrogens is 1. The Morgan fingerprint density at radius 1 is 1.21 bits per heavy atom. The fourth-order valence-corrected chi connectivity index (χ4v) is 4.72. The first-order valence-corrected chi connectivity index (χ1v) is 9.24. The Balaban J connectivity index is 1.66. The molecule has 4 rings (SSSR count). The van der Waals surface area contributed by atoms with Gasteiger partial charge >= 0.3 is 0 Å². The third-order valence-corrected chi connectivity index (χ3v) is 6.06. The summed E-state index contributed by atoms with van der Waals surface area (Å²) in [7, 11) is 1.62. The van der Waals surface area contributed by atoms with Gasteiger partial charge in [-0.2, -0.15) is 0 Å². The number of amides is 2. The molecule has 3 aliphatic rings. The summed E-state index contributed by atoms with van der Waals surface area (Å²) in [5.74, 6) is -0.440. The van der Waals surface area contributed by atoms with Gasteiger partial charge in [0.15, 0.2) is 0 Å². The third kappa shape index (κ3) is 2.43. The average molecular weight is 390 g/mol. The normalized spacial score (nSPS) is 33.3. The molecular formula is C18H20BrN3O2. The van der Waals surface area contributed by atoms with Gasteiger partial charge in [0.25, 0.3) is 0 Å². The van der Waals surface area contributed by atoms with Crippen molar-refractivity contribution in [1.82, 2.24) is 14.8 Å². The van der Waals surface area contributed by atoms with Gasteiger partial charge in [-0.15, -0.1) is 0 Å². The zero-order valence-electron chi connectivity index (χ0n) is 13.6. The van der Waals surface area contributed by atoms with Gasteiger partial charge < -0.3 is 0 Å². The van der Waals surface area contributed by atoms with E-state index >= 15 is 0 Å². The second-order valence-corrected chi connectivity index (χ2v) is 7.75. The van der Waals surface area contributed by atoms with Crippen LogP contribution < -0.4 is 0 Å². The minimum Gasteiger partial charge on any atom is -0.292 e. The number of carbonyl (C=O) groups is 2. The van der Waals surface area contributed by atoms with Gasteiger partial charge in [0.1, 0.15) is 0 Å². The van der Waals surface area contributed by atoms with E-state index in [4.69, 9.17) is 0 Å². The number of pyridine rings is 1. The summed E-state index contributed by atoms with van der Waals surface area (Å²) in [6, 6.07) is 4.09. The Bertz CT molecular complexity index is 703. The van der Waals surface area contributed by atoms with Crippen LogP contribution in [0.4, 0.5) is 0 Å². The number of fused-ring (bicyclic) bond motifs is 3. The molecule has 1 aromatic heterocycles. The molecular weight excluding hydrogens is 370 g/mol. The highest BCUT2D eigenvalue weighted by atomic mass is 79.9. The SMILES string of the molecule is CN1C(=O)[C@@H]2[C@H](C1=O)[C@@H]1CCCCN1[C@H]2/C=C/c1ccc(Br)cn1. The number of halogens is 1. The van der Waals surface area contributed by atoms with E-state index in [1.165, 1.54) is 4.90 Å². The van der Waals surface area contributed by atoms with Gasteiger partial charge in [-0.05, 0) is 53.5 Å². The molecule has 3 aliphatic heterocycles. The molecule has 126 valence electrons. The number of imide groups is 1. The van der Waals surface area contributed by atoms with Crippen LogP contribution in [0.2, 0.25) is 0 Å². The molecule has 0 unspecified atom stereocenters. The molecule has 0 N–H and O–H groups in total. The van der Waals surface area contributed by atoms with Gasteiger partial charge in [-0.1, -0.05) is 12.5 Å². The van der Waals surface area contributed by atoms with Gasteiger partial charge in [0, 0.05) is 29.8 Å². The summed E-state index contributed by atoms with van der Waals surface area (Å²) in [5.41, 5.74) is 0.861. The van der Waals surface area contributed by atoms with Gasteiger partial charge in [-0.25, -0.2) is 0 Å². The third-order valence-electron chi connectivity index (χ3n) is 5.59. The zero-order valence-corrected chi connectivity index (χ0v) is 15.1. The lowest BCUT2D eigenvalue weighted by atomic mass is 9.87. The second-order valence-electron chi connectivity index (χ2n) is 6.84. The summed E-state index contributed by atoms with van der Waals surface area (Å²) in [6.45, 7) is 0.963. The Labute approximate surface area is 149 Å². The predicted octanol–water partition coefficient (Wildman–Crippen LogP) is 2.32. The van der Waals surface area contributed by atoms with Crippen LogP contribution in [0.25, 0.3) is 6.08 Å². The van der Waals surface area contributed by atoms with E-state index in [-0.39, 0.29) is 35.7 Å². The van der Waals surface area contributed by atoms with Crippen molar-refractivity contribution in [3.8, 4) is 0 Å². The number of likely N-dealkylation sites (tertiary alicyclic amines) is 1. The van der Waals surface area contributed by atoms with Crippen molar-refractivity contribution in [1.29, 1.82) is 0 Å². The number of rotatable bonds is 2. The van der Waals surface area contributed by atoms with E-state index in [0.29, 0.717) is 0 Å². The minimum atomic E-state index is -0.239. The number of nitrogens with zero attached hydrogens (tertiary/aromatic N) is 3. The van der Waals surface area contributed by atoms with E-state index in [1.807, 2.05) is 18.2 Å². The van der Waals surface area contributed by atoms with E-state index in [2.05, 4.69) is 31.9 Å². The molecule has 0 radical (unpaired) electrons. The largest absolute Gasteiger partial charge is 0.292 e. The highest BCUT2D eigenvalue weighted by Gasteiger charge is 2.60. The van der Waals surface area contributed by atoms with E-state index < -0.39 is 0 Å². The molecule has 4 heterocycles. The van der Waals surface area contributed by atoms with E-state index in [1.54, 1.807) is 13.2 Å². The first-order valence-electron chi connectivity index (χ1n) is 8.45. The van der Waals surface area contributed by atoms with E-state index in [0.717, 1.165) is 36.0 Å². The van der Waals surface area contributed by atoms with Crippen molar-refractivity contribution < 1.29 is 9.59 Å². The maximum absolute atomic E-state index is 12.6. The molecule has 3 fully saturated rings. The van der Waals surface area contributed by atoms with Gasteiger partial charge in [-0.3, -0.25) is 24.4 Å². The van der Waals surface area contributed by atoms with Crippen molar-refractivity contribution in [2.24, 2.45) is 11.8 Å². The Morgan fingerprint density at radius 2 is 2.00 bits per heavy atom. The smallest absolute Gasteiger partial charge is 0.234 e. The Morgan fingerprint density at radius 3 is 2.75 bits per heavy atom. The van der Waals surface area contributed by atoms with Crippen LogP contribution in [0, 0.1) is 11.8 Å². The highest BCUT2D eigenvalue weighted by Crippen LogP contribution is 2.45. The fourth-order valence-electron chi connectivity index (χ4n) is 4.48. The van der Waals surface area contributed by atoms with Crippen LogP contribution in [-0.4, -0.2) is 52.3 Å². The van der Waals surface area contributed by atoms with Crippen molar-refractivity contribution in [2.75, 3.05) is 13.6 Å². The van der Waals surface area contributed by atoms with Gasteiger partial charge in [0.05, 0.1) is 17.5 Å². The summed E-state index contributed by atoms with van der Waals surface area (Å²) < 4.78 is 0.940. The molecule has 0 aromatic carbocycles. The van der Waals surface area contributed by atoms with Crippen LogP contribution in [0.15, 0.2) is 28.9 Å². The first kappa shape index (κ1) is 16.0. The number of hydrogen-bond donors (Lipinski definition) is 0. The van der Waals surface area contributed by atoms with Crippen LogP contribution in [0.3, 0.4) is 0 Å².